The number of amides is 4. The summed E-state index contributed by atoms with van der Waals surface area (Å²) in [6, 6.07) is 12.1. The number of nitrogens with one attached hydrogen (secondary N) is 2. The molecule has 2 aliphatic heterocycles. The van der Waals surface area contributed by atoms with Crippen molar-refractivity contribution < 1.29 is 19.2 Å². The van der Waals surface area contributed by atoms with Gasteiger partial charge in [0.1, 0.15) is 6.54 Å². The highest BCUT2D eigenvalue weighted by Gasteiger charge is 2.39. The van der Waals surface area contributed by atoms with E-state index in [0.29, 0.717) is 28.8 Å². The molecule has 0 spiro atoms. The molecule has 190 valence electrons. The number of piperidine rings is 1. The van der Waals surface area contributed by atoms with Crippen LogP contribution < -0.4 is 10.6 Å². The molecule has 4 amide bonds. The van der Waals surface area contributed by atoms with Gasteiger partial charge in [0.15, 0.2) is 0 Å². The minimum atomic E-state index is -0.596. The van der Waals surface area contributed by atoms with Crippen molar-refractivity contribution in [3.8, 4) is 0 Å². The number of carbonyl (C=O) groups excluding carboxylic acids is 4. The molecule has 0 aliphatic carbocycles. The van der Waals surface area contributed by atoms with Crippen LogP contribution in [0.4, 0.5) is 5.69 Å². The Morgan fingerprint density at radius 2 is 1.86 bits per heavy atom. The number of carbonyl (C=O) groups is 4. The normalized spacial score (nSPS) is 15.7. The largest absolute Gasteiger partial charge is 0.341 e. The summed E-state index contributed by atoms with van der Waals surface area (Å²) < 4.78 is 0.465. The second kappa shape index (κ2) is 10.8. The van der Waals surface area contributed by atoms with Gasteiger partial charge in [-0.15, -0.1) is 11.3 Å². The molecule has 2 N–H and O–H groups in total. The third-order valence-corrected chi connectivity index (χ3v) is 7.73. The maximum atomic E-state index is 13.2. The molecule has 2 aliphatic rings. The summed E-state index contributed by atoms with van der Waals surface area (Å²) in [6.45, 7) is 1.45. The summed E-state index contributed by atoms with van der Waals surface area (Å²) in [5.41, 5.74) is 1.58. The van der Waals surface area contributed by atoms with Crippen molar-refractivity contribution in [2.45, 2.75) is 25.4 Å². The van der Waals surface area contributed by atoms with Crippen molar-refractivity contribution in [1.29, 1.82) is 0 Å². The molecule has 0 bridgehead atoms. The molecule has 1 fully saturated rings. The summed E-state index contributed by atoms with van der Waals surface area (Å²) in [6.07, 6.45) is 5.11. The van der Waals surface area contributed by atoms with E-state index in [1.165, 1.54) is 6.07 Å². The number of thiophene rings is 1. The van der Waals surface area contributed by atoms with Crippen molar-refractivity contribution in [2.24, 2.45) is 0 Å². The Morgan fingerprint density at radius 1 is 1.05 bits per heavy atom. The molecule has 0 radical (unpaired) electrons. The average molecular weight is 538 g/mol. The summed E-state index contributed by atoms with van der Waals surface area (Å²) >= 11 is 7.03. The van der Waals surface area contributed by atoms with Crippen LogP contribution >= 0.6 is 22.9 Å². The predicted octanol–water partition coefficient (Wildman–Crippen LogP) is 3.43. The second-order valence-corrected chi connectivity index (χ2v) is 10.6. The summed E-state index contributed by atoms with van der Waals surface area (Å²) in [5.74, 6) is -1.85. The molecular formula is C26H24ClN5O4S. The van der Waals surface area contributed by atoms with E-state index in [9.17, 15) is 19.2 Å². The molecule has 3 aromatic rings. The quantitative estimate of drug-likeness (QED) is 0.447. The van der Waals surface area contributed by atoms with Crippen LogP contribution in [0.3, 0.4) is 0 Å². The number of hydrogen-bond acceptors (Lipinski definition) is 7. The first-order valence-electron chi connectivity index (χ1n) is 11.9. The monoisotopic (exact) mass is 537 g/mol. The van der Waals surface area contributed by atoms with E-state index in [-0.39, 0.29) is 35.3 Å². The van der Waals surface area contributed by atoms with Crippen molar-refractivity contribution in [1.82, 2.24) is 20.1 Å². The number of likely N-dealkylation sites (tertiary alicyclic amines) is 1. The lowest BCUT2D eigenvalue weighted by Crippen LogP contribution is -2.48. The van der Waals surface area contributed by atoms with Gasteiger partial charge in [-0.2, -0.15) is 0 Å². The Kier molecular flexibility index (Phi) is 7.31. The first-order valence-corrected chi connectivity index (χ1v) is 13.1. The lowest BCUT2D eigenvalue weighted by Gasteiger charge is -2.33. The van der Waals surface area contributed by atoms with Gasteiger partial charge in [0, 0.05) is 38.1 Å². The lowest BCUT2D eigenvalue weighted by atomic mass is 10.0. The fourth-order valence-electron chi connectivity index (χ4n) is 4.53. The van der Waals surface area contributed by atoms with Crippen LogP contribution in [-0.4, -0.2) is 64.1 Å². The Bertz CT molecular complexity index is 1350. The van der Waals surface area contributed by atoms with Crippen LogP contribution in [0.25, 0.3) is 0 Å². The number of anilines is 1. The topological polar surface area (TPSA) is 112 Å². The number of benzene rings is 1. The van der Waals surface area contributed by atoms with Gasteiger partial charge in [-0.3, -0.25) is 29.1 Å². The van der Waals surface area contributed by atoms with E-state index in [1.54, 1.807) is 35.4 Å². The molecule has 0 atom stereocenters. The minimum Gasteiger partial charge on any atom is -0.341 e. The number of halogens is 1. The van der Waals surface area contributed by atoms with Gasteiger partial charge in [0.25, 0.3) is 17.7 Å². The summed E-state index contributed by atoms with van der Waals surface area (Å²) in [5, 5.41) is 6.19. The van der Waals surface area contributed by atoms with E-state index in [4.69, 9.17) is 11.6 Å². The molecule has 37 heavy (non-hydrogen) atoms. The number of hydrogen-bond donors (Lipinski definition) is 2. The van der Waals surface area contributed by atoms with Crippen LogP contribution in [0.2, 0.25) is 4.34 Å². The fraction of sp³-hybridized carbons (Fsp3) is 0.269. The maximum Gasteiger partial charge on any atom is 0.265 e. The standard InChI is InChI=1S/C26H24ClN5O4S/c27-21-7-6-20(37-21)24(34)30-19-5-1-4-18-23(19)26(36)32(25(18)35)15-22(33)31-11-8-17(9-12-31)29-14-16-3-2-10-28-13-16/h1-7,10,13,17,29H,8-9,11-12,14-15H2,(H,30,34). The second-order valence-electron chi connectivity index (χ2n) is 8.88. The molecule has 11 heteroatoms. The van der Waals surface area contributed by atoms with Crippen molar-refractivity contribution in [3.63, 3.8) is 0 Å². The number of imide groups is 1. The highest BCUT2D eigenvalue weighted by molar-refractivity contribution is 7.18. The number of rotatable bonds is 7. The van der Waals surface area contributed by atoms with Crippen molar-refractivity contribution in [3.05, 3.63) is 80.8 Å². The van der Waals surface area contributed by atoms with Crippen LogP contribution in [0.5, 0.6) is 0 Å². The number of nitrogens with zero attached hydrogens (tertiary/aromatic N) is 3. The van der Waals surface area contributed by atoms with Crippen LogP contribution in [0.1, 0.15) is 48.8 Å². The Labute approximate surface area is 222 Å². The van der Waals surface area contributed by atoms with Gasteiger partial charge >= 0.3 is 0 Å². The van der Waals surface area contributed by atoms with Crippen LogP contribution in [0, 0.1) is 0 Å². The van der Waals surface area contributed by atoms with Crippen LogP contribution in [0.15, 0.2) is 54.9 Å². The van der Waals surface area contributed by atoms with Crippen molar-refractivity contribution >= 4 is 52.3 Å². The van der Waals surface area contributed by atoms with E-state index in [0.717, 1.165) is 34.6 Å². The van der Waals surface area contributed by atoms with E-state index < -0.39 is 17.7 Å². The fourth-order valence-corrected chi connectivity index (χ4v) is 5.47. The molecule has 9 nitrogen and oxygen atoms in total. The molecule has 2 aromatic heterocycles. The zero-order chi connectivity index (χ0) is 25.9. The van der Waals surface area contributed by atoms with Gasteiger partial charge in [-0.05, 0) is 48.7 Å². The molecule has 1 saturated heterocycles. The zero-order valence-corrected chi connectivity index (χ0v) is 21.3. The smallest absolute Gasteiger partial charge is 0.265 e. The molecule has 1 aromatic carbocycles. The average Bonchev–Trinajstić information content (AvgIpc) is 3.46. The lowest BCUT2D eigenvalue weighted by molar-refractivity contribution is -0.132. The minimum absolute atomic E-state index is 0.0922. The van der Waals surface area contributed by atoms with Gasteiger partial charge in [0.2, 0.25) is 5.91 Å². The Hall–Kier alpha value is -3.60. The van der Waals surface area contributed by atoms with Crippen molar-refractivity contribution in [2.75, 3.05) is 25.0 Å². The first-order chi connectivity index (χ1) is 17.9. The summed E-state index contributed by atoms with van der Waals surface area (Å²) in [7, 11) is 0. The zero-order valence-electron chi connectivity index (χ0n) is 19.8. The van der Waals surface area contributed by atoms with E-state index in [2.05, 4.69) is 15.6 Å². The van der Waals surface area contributed by atoms with Gasteiger partial charge in [-0.25, -0.2) is 0 Å². The van der Waals surface area contributed by atoms with Gasteiger partial charge < -0.3 is 15.5 Å². The third kappa shape index (κ3) is 5.41. The molecular weight excluding hydrogens is 514 g/mol. The van der Waals surface area contributed by atoms with Gasteiger partial charge in [-0.1, -0.05) is 23.7 Å². The molecule has 5 rings (SSSR count). The predicted molar refractivity (Wildman–Crippen MR) is 140 cm³/mol. The number of pyridine rings is 1. The maximum absolute atomic E-state index is 13.2. The van der Waals surface area contributed by atoms with E-state index >= 15 is 0 Å². The SMILES string of the molecule is O=C(Nc1cccc2c1C(=O)N(CC(=O)N1CCC(NCc3cccnc3)CC1)C2=O)c1ccc(Cl)s1. The number of aromatic nitrogens is 1. The van der Waals surface area contributed by atoms with Crippen LogP contribution in [-0.2, 0) is 11.3 Å². The Morgan fingerprint density at radius 3 is 2.57 bits per heavy atom. The highest BCUT2D eigenvalue weighted by Crippen LogP contribution is 2.31. The number of fused-ring (bicyclic) bond motifs is 1. The Balaban J connectivity index is 1.19. The van der Waals surface area contributed by atoms with Gasteiger partial charge in [0.05, 0.1) is 26.0 Å². The molecule has 0 unspecified atom stereocenters. The first kappa shape index (κ1) is 25.1. The van der Waals surface area contributed by atoms with E-state index in [1.807, 2.05) is 18.3 Å². The molecule has 0 saturated carbocycles. The summed E-state index contributed by atoms with van der Waals surface area (Å²) in [4.78, 5) is 58.9. The molecule has 4 heterocycles. The highest BCUT2D eigenvalue weighted by atomic mass is 35.5. The third-order valence-electron chi connectivity index (χ3n) is 6.50.